The Hall–Kier alpha value is -3.50. The highest BCUT2D eigenvalue weighted by atomic mass is 35.5. The molecule has 0 radical (unpaired) electrons. The van der Waals surface area contributed by atoms with Crippen LogP contribution in [0.5, 0.6) is 0 Å². The summed E-state index contributed by atoms with van der Waals surface area (Å²) in [6.45, 7) is 0.743. The minimum atomic E-state index is -0.890. The molecular weight excluding hydrogens is 493 g/mol. The van der Waals surface area contributed by atoms with Crippen molar-refractivity contribution in [2.24, 2.45) is 17.2 Å². The van der Waals surface area contributed by atoms with Crippen LogP contribution in [0.1, 0.15) is 29.5 Å². The molecule has 0 saturated carbocycles. The van der Waals surface area contributed by atoms with E-state index in [0.717, 1.165) is 11.1 Å². The van der Waals surface area contributed by atoms with E-state index in [1.54, 1.807) is 42.5 Å². The highest BCUT2D eigenvalue weighted by Gasteiger charge is 2.28. The fourth-order valence-electron chi connectivity index (χ4n) is 3.42. The molecule has 4 amide bonds. The van der Waals surface area contributed by atoms with Gasteiger partial charge in [-0.15, -0.1) is 0 Å². The van der Waals surface area contributed by atoms with Crippen molar-refractivity contribution in [2.45, 2.75) is 38.4 Å². The number of primary amides is 2. The fraction of sp³-hybridized carbons (Fsp3) is 0.304. The highest BCUT2D eigenvalue weighted by Crippen LogP contribution is 2.23. The lowest BCUT2D eigenvalue weighted by Crippen LogP contribution is -2.48. The molecule has 0 aliphatic heterocycles. The Morgan fingerprint density at radius 2 is 1.63 bits per heavy atom. The second kappa shape index (κ2) is 13.4. The molecule has 0 saturated heterocycles. The lowest BCUT2D eigenvalue weighted by Gasteiger charge is -2.30. The maximum absolute atomic E-state index is 13.4. The molecule has 1 atom stereocenters. The Bertz CT molecular complexity index is 1060. The van der Waals surface area contributed by atoms with Gasteiger partial charge >= 0.3 is 6.03 Å². The third-order valence-corrected chi connectivity index (χ3v) is 5.78. The van der Waals surface area contributed by atoms with Crippen LogP contribution in [-0.2, 0) is 29.1 Å². The van der Waals surface area contributed by atoms with Gasteiger partial charge in [-0.3, -0.25) is 15.0 Å². The van der Waals surface area contributed by atoms with Gasteiger partial charge in [0.1, 0.15) is 6.04 Å². The largest absolute Gasteiger partial charge is 0.370 e. The molecule has 0 aromatic heterocycles. The van der Waals surface area contributed by atoms with E-state index in [4.69, 9.17) is 45.8 Å². The van der Waals surface area contributed by atoms with Gasteiger partial charge in [-0.2, -0.15) is 0 Å². The molecule has 0 bridgehead atoms. The summed E-state index contributed by atoms with van der Waals surface area (Å²) in [6, 6.07) is 10.5. The average molecular weight is 522 g/mol. The molecule has 9 N–H and O–H groups in total. The van der Waals surface area contributed by atoms with Crippen LogP contribution in [0.15, 0.2) is 42.5 Å². The van der Waals surface area contributed by atoms with Crippen molar-refractivity contribution in [3.63, 3.8) is 0 Å². The summed E-state index contributed by atoms with van der Waals surface area (Å²) in [5.74, 6) is -1.17. The van der Waals surface area contributed by atoms with Crippen LogP contribution in [0.4, 0.5) is 4.79 Å². The topological polar surface area (TPSA) is 180 Å². The van der Waals surface area contributed by atoms with Gasteiger partial charge in [0.25, 0.3) is 0 Å². The zero-order valence-corrected chi connectivity index (χ0v) is 20.5. The predicted molar refractivity (Wildman–Crippen MR) is 136 cm³/mol. The van der Waals surface area contributed by atoms with E-state index in [2.05, 4.69) is 10.6 Å². The summed E-state index contributed by atoms with van der Waals surface area (Å²) < 4.78 is 0. The van der Waals surface area contributed by atoms with E-state index in [1.807, 2.05) is 0 Å². The van der Waals surface area contributed by atoms with Crippen LogP contribution in [-0.4, -0.2) is 41.3 Å². The molecule has 188 valence electrons. The SMILES string of the molecule is N=C(N)NCCC[C@H](C(N)=O)N(Cc1ccc(CNC(N)=O)cc1)C(=O)Cc1ccc(Cl)cc1Cl. The van der Waals surface area contributed by atoms with Crippen LogP contribution in [0, 0.1) is 5.41 Å². The number of nitrogens with one attached hydrogen (secondary N) is 3. The monoisotopic (exact) mass is 521 g/mol. The maximum Gasteiger partial charge on any atom is 0.312 e. The quantitative estimate of drug-likeness (QED) is 0.141. The van der Waals surface area contributed by atoms with Crippen LogP contribution in [0.25, 0.3) is 0 Å². The molecule has 12 heteroatoms. The van der Waals surface area contributed by atoms with Crippen molar-refractivity contribution in [1.82, 2.24) is 15.5 Å². The van der Waals surface area contributed by atoms with Crippen molar-refractivity contribution in [3.05, 3.63) is 69.2 Å². The molecule has 0 aliphatic carbocycles. The summed E-state index contributed by atoms with van der Waals surface area (Å²) in [4.78, 5) is 38.1. The Morgan fingerprint density at radius 1 is 0.971 bits per heavy atom. The number of carbonyl (C=O) groups is 3. The first kappa shape index (κ1) is 27.7. The first-order valence-electron chi connectivity index (χ1n) is 10.8. The first-order valence-corrected chi connectivity index (χ1v) is 11.5. The zero-order valence-electron chi connectivity index (χ0n) is 19.0. The van der Waals surface area contributed by atoms with Crippen LogP contribution in [0.2, 0.25) is 10.0 Å². The minimum Gasteiger partial charge on any atom is -0.370 e. The smallest absolute Gasteiger partial charge is 0.312 e. The van der Waals surface area contributed by atoms with Crippen molar-refractivity contribution >= 4 is 47.0 Å². The van der Waals surface area contributed by atoms with E-state index in [-0.39, 0.29) is 37.8 Å². The standard InChI is InChI=1S/C23H29Cl2N7O3/c24-17-8-7-16(18(25)11-17)10-20(33)32(19(21(26)34)2-1-9-30-22(27)28)13-15-5-3-14(4-6-15)12-31-23(29)35/h3-8,11,19H,1-2,9-10,12-13H2,(H2,26,34)(H4,27,28,30)(H3,29,31,35)/t19-/m1/s1. The summed E-state index contributed by atoms with van der Waals surface area (Å²) in [5.41, 5.74) is 18.2. The lowest BCUT2D eigenvalue weighted by molar-refractivity contribution is -0.139. The molecule has 0 aliphatic rings. The van der Waals surface area contributed by atoms with Crippen molar-refractivity contribution in [2.75, 3.05) is 6.54 Å². The van der Waals surface area contributed by atoms with Crippen LogP contribution >= 0.6 is 23.2 Å². The molecule has 2 rings (SSSR count). The maximum atomic E-state index is 13.4. The van der Waals surface area contributed by atoms with Gasteiger partial charge in [0, 0.05) is 29.7 Å². The molecular formula is C23H29Cl2N7O3. The summed E-state index contributed by atoms with van der Waals surface area (Å²) in [6.07, 6.45) is 0.679. The van der Waals surface area contributed by atoms with Gasteiger partial charge in [-0.1, -0.05) is 53.5 Å². The normalized spacial score (nSPS) is 11.4. The van der Waals surface area contributed by atoms with Gasteiger partial charge in [0.05, 0.1) is 6.42 Å². The number of amides is 4. The Kier molecular flexibility index (Phi) is 10.6. The lowest BCUT2D eigenvalue weighted by atomic mass is 10.0. The van der Waals surface area contributed by atoms with E-state index in [0.29, 0.717) is 28.6 Å². The van der Waals surface area contributed by atoms with Crippen LogP contribution in [0.3, 0.4) is 0 Å². The number of carbonyl (C=O) groups excluding carboxylic acids is 3. The van der Waals surface area contributed by atoms with Crippen LogP contribution < -0.4 is 27.8 Å². The molecule has 35 heavy (non-hydrogen) atoms. The van der Waals surface area contributed by atoms with Gasteiger partial charge in [0.2, 0.25) is 11.8 Å². The Balaban J connectivity index is 2.25. The van der Waals surface area contributed by atoms with Gasteiger partial charge < -0.3 is 32.7 Å². The predicted octanol–water partition coefficient (Wildman–Crippen LogP) is 1.85. The van der Waals surface area contributed by atoms with Gasteiger partial charge in [-0.25, -0.2) is 4.79 Å². The van der Waals surface area contributed by atoms with E-state index >= 15 is 0 Å². The number of nitrogens with zero attached hydrogens (tertiary/aromatic N) is 1. The highest BCUT2D eigenvalue weighted by molar-refractivity contribution is 6.35. The number of hydrogen-bond acceptors (Lipinski definition) is 4. The second-order valence-corrected chi connectivity index (χ2v) is 8.71. The number of guanidine groups is 1. The van der Waals surface area contributed by atoms with Crippen molar-refractivity contribution < 1.29 is 14.4 Å². The third kappa shape index (κ3) is 9.34. The number of nitrogens with two attached hydrogens (primary N) is 3. The minimum absolute atomic E-state index is 0.0495. The summed E-state index contributed by atoms with van der Waals surface area (Å²) in [5, 5.41) is 13.2. The van der Waals surface area contributed by atoms with Gasteiger partial charge in [-0.05, 0) is 41.7 Å². The van der Waals surface area contributed by atoms with Crippen molar-refractivity contribution in [3.8, 4) is 0 Å². The molecule has 0 fully saturated rings. The molecule has 0 spiro atoms. The summed E-state index contributed by atoms with van der Waals surface area (Å²) >= 11 is 12.2. The summed E-state index contributed by atoms with van der Waals surface area (Å²) in [7, 11) is 0. The molecule has 2 aromatic rings. The first-order chi connectivity index (χ1) is 16.6. The molecule has 2 aromatic carbocycles. The van der Waals surface area contributed by atoms with E-state index in [1.165, 1.54) is 4.90 Å². The molecule has 0 heterocycles. The van der Waals surface area contributed by atoms with Crippen molar-refractivity contribution in [1.29, 1.82) is 5.41 Å². The average Bonchev–Trinajstić information content (AvgIpc) is 2.78. The number of urea groups is 1. The molecule has 10 nitrogen and oxygen atoms in total. The number of halogens is 2. The van der Waals surface area contributed by atoms with E-state index < -0.39 is 18.0 Å². The fourth-order valence-corrected chi connectivity index (χ4v) is 3.90. The Morgan fingerprint density at radius 3 is 2.20 bits per heavy atom. The zero-order chi connectivity index (χ0) is 26.0. The Labute approximate surface area is 213 Å². The molecule has 0 unspecified atom stereocenters. The number of benzene rings is 2. The van der Waals surface area contributed by atoms with Gasteiger partial charge in [0.15, 0.2) is 5.96 Å². The second-order valence-electron chi connectivity index (χ2n) is 7.87. The number of hydrogen-bond donors (Lipinski definition) is 6. The third-order valence-electron chi connectivity index (χ3n) is 5.19. The van der Waals surface area contributed by atoms with E-state index in [9.17, 15) is 14.4 Å². The number of rotatable bonds is 12.